The van der Waals surface area contributed by atoms with Crippen LogP contribution in [0.4, 0.5) is 0 Å². The highest BCUT2D eigenvalue weighted by Crippen LogP contribution is 2.32. The van der Waals surface area contributed by atoms with Crippen molar-refractivity contribution in [3.63, 3.8) is 0 Å². The molecule has 0 radical (unpaired) electrons. The van der Waals surface area contributed by atoms with Crippen molar-refractivity contribution in [2.75, 3.05) is 6.54 Å². The first-order valence-corrected chi connectivity index (χ1v) is 6.85. The van der Waals surface area contributed by atoms with Crippen LogP contribution in [0.1, 0.15) is 38.5 Å². The van der Waals surface area contributed by atoms with Gasteiger partial charge in [0.1, 0.15) is 0 Å². The summed E-state index contributed by atoms with van der Waals surface area (Å²) in [7, 11) is 0. The molecular formula is C14H23NO4. The number of unbranched alkanes of at least 4 members (excludes halogenated alkanes) is 3. The zero-order valence-electron chi connectivity index (χ0n) is 11.2. The van der Waals surface area contributed by atoms with Crippen LogP contribution >= 0.6 is 0 Å². The maximum absolute atomic E-state index is 11.9. The topological polar surface area (TPSA) is 86.6 Å². The minimum Gasteiger partial charge on any atom is -0.481 e. The smallest absolute Gasteiger partial charge is 0.307 e. The third kappa shape index (κ3) is 5.03. The standard InChI is InChI=1S/C14H23NO4/c1-2-3-4-5-6-7-15-13(17)11-8-10(16)9-12(11)14(18)19/h2,10-12,16H,1,3-9H2,(H,15,17)(H,18,19). The summed E-state index contributed by atoms with van der Waals surface area (Å²) in [6.07, 6.45) is 5.55. The van der Waals surface area contributed by atoms with E-state index in [-0.39, 0.29) is 18.7 Å². The summed E-state index contributed by atoms with van der Waals surface area (Å²) in [5.74, 6) is -2.59. The number of aliphatic hydroxyl groups excluding tert-OH is 1. The summed E-state index contributed by atoms with van der Waals surface area (Å²) in [6, 6.07) is 0. The number of aliphatic hydroxyl groups is 1. The average molecular weight is 269 g/mol. The highest BCUT2D eigenvalue weighted by molar-refractivity contribution is 5.85. The van der Waals surface area contributed by atoms with E-state index in [2.05, 4.69) is 11.9 Å². The molecule has 19 heavy (non-hydrogen) atoms. The molecule has 3 atom stereocenters. The summed E-state index contributed by atoms with van der Waals surface area (Å²) in [6.45, 7) is 4.21. The Hall–Kier alpha value is -1.36. The van der Waals surface area contributed by atoms with E-state index in [0.717, 1.165) is 25.7 Å². The molecule has 0 heterocycles. The van der Waals surface area contributed by atoms with Crippen molar-refractivity contribution in [1.82, 2.24) is 5.32 Å². The number of nitrogens with one attached hydrogen (secondary N) is 1. The molecule has 3 unspecified atom stereocenters. The lowest BCUT2D eigenvalue weighted by atomic mass is 9.95. The Morgan fingerprint density at radius 2 is 1.89 bits per heavy atom. The lowest BCUT2D eigenvalue weighted by Crippen LogP contribution is -2.35. The molecule has 3 N–H and O–H groups in total. The number of carbonyl (C=O) groups excluding carboxylic acids is 1. The quantitative estimate of drug-likeness (QED) is 0.458. The predicted molar refractivity (Wildman–Crippen MR) is 71.5 cm³/mol. The van der Waals surface area contributed by atoms with E-state index < -0.39 is 23.9 Å². The first-order valence-electron chi connectivity index (χ1n) is 6.85. The van der Waals surface area contributed by atoms with Crippen LogP contribution in [0, 0.1) is 11.8 Å². The Morgan fingerprint density at radius 1 is 1.21 bits per heavy atom. The number of aliphatic carboxylic acids is 1. The van der Waals surface area contributed by atoms with Gasteiger partial charge in [0.05, 0.1) is 17.9 Å². The summed E-state index contributed by atoms with van der Waals surface area (Å²) in [5, 5.41) is 21.3. The first-order chi connectivity index (χ1) is 9.06. The molecule has 0 aromatic heterocycles. The Bertz CT molecular complexity index is 329. The Kier molecular flexibility index (Phi) is 6.56. The lowest BCUT2D eigenvalue weighted by Gasteiger charge is -2.15. The SMILES string of the molecule is C=CCCCCCNC(=O)C1CC(O)CC1C(=O)O. The van der Waals surface area contributed by atoms with E-state index in [4.69, 9.17) is 5.11 Å². The van der Waals surface area contributed by atoms with Crippen LogP contribution in [0.15, 0.2) is 12.7 Å². The first kappa shape index (κ1) is 15.7. The van der Waals surface area contributed by atoms with E-state index in [9.17, 15) is 14.7 Å². The van der Waals surface area contributed by atoms with E-state index in [1.807, 2.05) is 6.08 Å². The fourth-order valence-electron chi connectivity index (χ4n) is 2.51. The van der Waals surface area contributed by atoms with Crippen molar-refractivity contribution in [3.8, 4) is 0 Å². The van der Waals surface area contributed by atoms with E-state index in [0.29, 0.717) is 6.54 Å². The van der Waals surface area contributed by atoms with Crippen molar-refractivity contribution in [2.24, 2.45) is 11.8 Å². The molecule has 0 aromatic carbocycles. The molecule has 0 saturated heterocycles. The van der Waals surface area contributed by atoms with Gasteiger partial charge < -0.3 is 15.5 Å². The molecule has 1 aliphatic rings. The predicted octanol–water partition coefficient (Wildman–Crippen LogP) is 1.32. The van der Waals surface area contributed by atoms with Gasteiger partial charge in [0.25, 0.3) is 0 Å². The Balaban J connectivity index is 2.28. The molecule has 1 aliphatic carbocycles. The maximum atomic E-state index is 11.9. The fraction of sp³-hybridized carbons (Fsp3) is 0.714. The minimum atomic E-state index is -0.998. The van der Waals surface area contributed by atoms with Crippen molar-refractivity contribution in [3.05, 3.63) is 12.7 Å². The van der Waals surface area contributed by atoms with Crippen LogP contribution < -0.4 is 5.32 Å². The minimum absolute atomic E-state index is 0.173. The van der Waals surface area contributed by atoms with Crippen LogP contribution in [-0.2, 0) is 9.59 Å². The molecule has 5 nitrogen and oxygen atoms in total. The second-order valence-corrected chi connectivity index (χ2v) is 5.11. The van der Waals surface area contributed by atoms with Crippen molar-refractivity contribution >= 4 is 11.9 Å². The van der Waals surface area contributed by atoms with Gasteiger partial charge in [-0.1, -0.05) is 12.5 Å². The van der Waals surface area contributed by atoms with Crippen LogP contribution in [-0.4, -0.2) is 34.7 Å². The molecule has 1 fully saturated rings. The number of hydrogen-bond acceptors (Lipinski definition) is 3. The number of amides is 1. The summed E-state index contributed by atoms with van der Waals surface area (Å²) in [4.78, 5) is 22.9. The van der Waals surface area contributed by atoms with Gasteiger partial charge in [-0.25, -0.2) is 0 Å². The molecular weight excluding hydrogens is 246 g/mol. The number of hydrogen-bond donors (Lipinski definition) is 3. The third-order valence-electron chi connectivity index (χ3n) is 3.58. The summed E-state index contributed by atoms with van der Waals surface area (Å²) in [5.41, 5.74) is 0. The van der Waals surface area contributed by atoms with Crippen molar-refractivity contribution in [2.45, 2.75) is 44.6 Å². The lowest BCUT2D eigenvalue weighted by molar-refractivity contribution is -0.146. The van der Waals surface area contributed by atoms with Gasteiger partial charge in [0.2, 0.25) is 5.91 Å². The molecule has 0 aliphatic heterocycles. The number of rotatable bonds is 8. The monoisotopic (exact) mass is 269 g/mol. The molecule has 0 bridgehead atoms. The zero-order chi connectivity index (χ0) is 14.3. The van der Waals surface area contributed by atoms with Crippen molar-refractivity contribution in [1.29, 1.82) is 0 Å². The van der Waals surface area contributed by atoms with Crippen LogP contribution in [0.25, 0.3) is 0 Å². The van der Waals surface area contributed by atoms with Gasteiger partial charge in [0, 0.05) is 6.54 Å². The second-order valence-electron chi connectivity index (χ2n) is 5.11. The number of allylic oxidation sites excluding steroid dienone is 1. The van der Waals surface area contributed by atoms with Crippen molar-refractivity contribution < 1.29 is 19.8 Å². The number of carbonyl (C=O) groups is 2. The molecule has 1 amide bonds. The van der Waals surface area contributed by atoms with Gasteiger partial charge in [-0.05, 0) is 32.1 Å². The Labute approximate surface area is 113 Å². The second kappa shape index (κ2) is 7.94. The molecule has 1 saturated carbocycles. The average Bonchev–Trinajstić information content (AvgIpc) is 2.76. The highest BCUT2D eigenvalue weighted by atomic mass is 16.4. The van der Waals surface area contributed by atoms with Crippen LogP contribution in [0.5, 0.6) is 0 Å². The summed E-state index contributed by atoms with van der Waals surface area (Å²) < 4.78 is 0. The van der Waals surface area contributed by atoms with Gasteiger partial charge in [0.15, 0.2) is 0 Å². The van der Waals surface area contributed by atoms with Crippen LogP contribution in [0.2, 0.25) is 0 Å². The maximum Gasteiger partial charge on any atom is 0.307 e. The fourth-order valence-corrected chi connectivity index (χ4v) is 2.51. The normalized spacial score (nSPS) is 26.1. The van der Waals surface area contributed by atoms with Gasteiger partial charge in [-0.15, -0.1) is 6.58 Å². The highest BCUT2D eigenvalue weighted by Gasteiger charge is 2.42. The van der Waals surface area contributed by atoms with E-state index in [1.54, 1.807) is 0 Å². The molecule has 0 aromatic rings. The zero-order valence-corrected chi connectivity index (χ0v) is 11.2. The van der Waals surface area contributed by atoms with E-state index in [1.165, 1.54) is 0 Å². The summed E-state index contributed by atoms with van der Waals surface area (Å²) >= 11 is 0. The molecule has 5 heteroatoms. The number of carboxylic acids is 1. The number of carboxylic acid groups (broad SMARTS) is 1. The molecule has 108 valence electrons. The Morgan fingerprint density at radius 3 is 2.53 bits per heavy atom. The third-order valence-corrected chi connectivity index (χ3v) is 3.58. The largest absolute Gasteiger partial charge is 0.481 e. The van der Waals surface area contributed by atoms with Gasteiger partial charge in [-0.2, -0.15) is 0 Å². The van der Waals surface area contributed by atoms with Crippen LogP contribution in [0.3, 0.4) is 0 Å². The van der Waals surface area contributed by atoms with Gasteiger partial charge in [-0.3, -0.25) is 9.59 Å². The van der Waals surface area contributed by atoms with Gasteiger partial charge >= 0.3 is 5.97 Å². The molecule has 0 spiro atoms. The molecule has 1 rings (SSSR count). The van der Waals surface area contributed by atoms with E-state index >= 15 is 0 Å².